The minimum absolute atomic E-state index is 0.0377. The Labute approximate surface area is 152 Å². The van der Waals surface area contributed by atoms with E-state index in [4.69, 9.17) is 0 Å². The first-order valence-corrected chi connectivity index (χ1v) is 8.71. The van der Waals surface area contributed by atoms with E-state index in [1.165, 1.54) is 0 Å². The van der Waals surface area contributed by atoms with Crippen molar-refractivity contribution < 1.29 is 4.79 Å². The summed E-state index contributed by atoms with van der Waals surface area (Å²) in [5, 5.41) is 0. The monoisotopic (exact) mass is 347 g/mol. The molecule has 2 aromatic heterocycles. The highest BCUT2D eigenvalue weighted by Gasteiger charge is 2.30. The smallest absolute Gasteiger partial charge is 0.254 e. The van der Waals surface area contributed by atoms with Crippen molar-refractivity contribution in [1.82, 2.24) is 24.3 Å². The Morgan fingerprint density at radius 1 is 1.12 bits per heavy atom. The topological polar surface area (TPSA) is 54.3 Å². The minimum atomic E-state index is 0.0377. The molecule has 0 spiro atoms. The molecule has 1 amide bonds. The highest BCUT2D eigenvalue weighted by Crippen LogP contribution is 2.26. The number of aromatic nitrogens is 3. The number of likely N-dealkylation sites (N-methyl/N-ethyl adjacent to an activating group) is 1. The van der Waals surface area contributed by atoms with Gasteiger partial charge in [0.2, 0.25) is 0 Å². The molecule has 3 aromatic rings. The van der Waals surface area contributed by atoms with E-state index in [0.29, 0.717) is 17.9 Å². The quantitative estimate of drug-likeness (QED) is 0.730. The summed E-state index contributed by atoms with van der Waals surface area (Å²) in [5.41, 5.74) is 1.81. The van der Waals surface area contributed by atoms with E-state index in [1.54, 1.807) is 29.4 Å². The number of amides is 1. The Kier molecular flexibility index (Phi) is 4.50. The molecule has 1 fully saturated rings. The first-order chi connectivity index (χ1) is 12.7. The second-order valence-corrected chi connectivity index (χ2v) is 6.56. The van der Waals surface area contributed by atoms with Crippen molar-refractivity contribution in [3.8, 4) is 5.82 Å². The van der Waals surface area contributed by atoms with Crippen LogP contribution in [0.5, 0.6) is 0 Å². The maximum atomic E-state index is 13.3. The van der Waals surface area contributed by atoms with Crippen molar-refractivity contribution in [3.63, 3.8) is 0 Å². The zero-order valence-corrected chi connectivity index (χ0v) is 14.7. The van der Waals surface area contributed by atoms with E-state index in [1.807, 2.05) is 35.4 Å². The van der Waals surface area contributed by atoms with Gasteiger partial charge in [-0.3, -0.25) is 9.36 Å². The van der Waals surface area contributed by atoms with Crippen molar-refractivity contribution in [2.75, 3.05) is 26.7 Å². The minimum Gasteiger partial charge on any atom is -0.329 e. The molecule has 6 nitrogen and oxygen atoms in total. The van der Waals surface area contributed by atoms with Gasteiger partial charge >= 0.3 is 0 Å². The van der Waals surface area contributed by atoms with Crippen LogP contribution in [0.2, 0.25) is 0 Å². The van der Waals surface area contributed by atoms with Crippen molar-refractivity contribution in [3.05, 3.63) is 78.5 Å². The lowest BCUT2D eigenvalue weighted by Crippen LogP contribution is -2.49. The van der Waals surface area contributed by atoms with Crippen LogP contribution in [0.4, 0.5) is 0 Å². The van der Waals surface area contributed by atoms with E-state index in [9.17, 15) is 4.79 Å². The third-order valence-electron chi connectivity index (χ3n) is 4.79. The summed E-state index contributed by atoms with van der Waals surface area (Å²) < 4.78 is 1.80. The van der Waals surface area contributed by atoms with Gasteiger partial charge in [0.1, 0.15) is 12.1 Å². The first-order valence-electron chi connectivity index (χ1n) is 8.71. The third-order valence-corrected chi connectivity index (χ3v) is 4.79. The van der Waals surface area contributed by atoms with Crippen LogP contribution >= 0.6 is 0 Å². The molecule has 0 saturated carbocycles. The molecule has 26 heavy (non-hydrogen) atoms. The van der Waals surface area contributed by atoms with E-state index in [2.05, 4.69) is 34.0 Å². The highest BCUT2D eigenvalue weighted by atomic mass is 16.2. The molecule has 3 heterocycles. The SMILES string of the molecule is CN1CCN(C(=O)c2ccnc(-n3ccnc3)c2)C(c2ccccc2)C1. The molecule has 1 saturated heterocycles. The molecule has 6 heteroatoms. The number of rotatable bonds is 3. The summed E-state index contributed by atoms with van der Waals surface area (Å²) in [6, 6.07) is 13.9. The summed E-state index contributed by atoms with van der Waals surface area (Å²) in [6.45, 7) is 2.40. The number of hydrogen-bond acceptors (Lipinski definition) is 4. The lowest BCUT2D eigenvalue weighted by atomic mass is 10.0. The standard InChI is InChI=1S/C20H21N5O/c1-23-11-12-25(18(14-23)16-5-3-2-4-6-16)20(26)17-7-8-22-19(13-17)24-10-9-21-15-24/h2-10,13,15,18H,11-12,14H2,1H3. The zero-order valence-electron chi connectivity index (χ0n) is 14.7. The van der Waals surface area contributed by atoms with Gasteiger partial charge in [0, 0.05) is 43.8 Å². The normalized spacial score (nSPS) is 18.0. The van der Waals surface area contributed by atoms with Crippen LogP contribution in [0, 0.1) is 0 Å². The summed E-state index contributed by atoms with van der Waals surface area (Å²) in [4.78, 5) is 25.9. The Morgan fingerprint density at radius 2 is 1.96 bits per heavy atom. The third kappa shape index (κ3) is 3.23. The Bertz CT molecular complexity index is 878. The molecular formula is C20H21N5O. The predicted octanol–water partition coefficient (Wildman–Crippen LogP) is 2.40. The number of benzene rings is 1. The molecule has 1 unspecified atom stereocenters. The van der Waals surface area contributed by atoms with Crippen molar-refractivity contribution in [2.45, 2.75) is 6.04 Å². The molecule has 1 atom stereocenters. The second-order valence-electron chi connectivity index (χ2n) is 6.56. The molecule has 1 aliphatic rings. The van der Waals surface area contributed by atoms with Gasteiger partial charge in [-0.25, -0.2) is 9.97 Å². The molecule has 4 rings (SSSR count). The number of pyridine rings is 1. The number of hydrogen-bond donors (Lipinski definition) is 0. The van der Waals surface area contributed by atoms with Crippen LogP contribution in [-0.4, -0.2) is 56.9 Å². The Balaban J connectivity index is 1.65. The number of carbonyl (C=O) groups is 1. The fourth-order valence-corrected chi connectivity index (χ4v) is 3.38. The molecule has 0 N–H and O–H groups in total. The summed E-state index contributed by atoms with van der Waals surface area (Å²) in [7, 11) is 2.10. The average Bonchev–Trinajstić information content (AvgIpc) is 3.23. The largest absolute Gasteiger partial charge is 0.329 e. The lowest BCUT2D eigenvalue weighted by molar-refractivity contribution is 0.0498. The molecule has 1 aromatic carbocycles. The second kappa shape index (κ2) is 7.09. The average molecular weight is 347 g/mol. The van der Waals surface area contributed by atoms with Gasteiger partial charge in [0.25, 0.3) is 5.91 Å². The molecule has 0 aliphatic carbocycles. The maximum Gasteiger partial charge on any atom is 0.254 e. The van der Waals surface area contributed by atoms with Crippen LogP contribution in [0.25, 0.3) is 5.82 Å². The fourth-order valence-electron chi connectivity index (χ4n) is 3.38. The highest BCUT2D eigenvalue weighted by molar-refractivity contribution is 5.95. The predicted molar refractivity (Wildman–Crippen MR) is 99.1 cm³/mol. The van der Waals surface area contributed by atoms with E-state index < -0.39 is 0 Å². The van der Waals surface area contributed by atoms with Crippen LogP contribution in [0.15, 0.2) is 67.4 Å². The number of piperazine rings is 1. The summed E-state index contributed by atoms with van der Waals surface area (Å²) in [5.74, 6) is 0.731. The first kappa shape index (κ1) is 16.5. The van der Waals surface area contributed by atoms with Gasteiger partial charge in [-0.1, -0.05) is 30.3 Å². The maximum absolute atomic E-state index is 13.3. The molecule has 132 valence electrons. The van der Waals surface area contributed by atoms with Gasteiger partial charge in [0.15, 0.2) is 0 Å². The van der Waals surface area contributed by atoms with Crippen LogP contribution in [0.1, 0.15) is 22.0 Å². The van der Waals surface area contributed by atoms with Gasteiger partial charge in [-0.05, 0) is 24.7 Å². The number of imidazole rings is 1. The van der Waals surface area contributed by atoms with E-state index >= 15 is 0 Å². The zero-order chi connectivity index (χ0) is 17.9. The molecule has 0 radical (unpaired) electrons. The fraction of sp³-hybridized carbons (Fsp3) is 0.250. The van der Waals surface area contributed by atoms with Crippen LogP contribution in [0.3, 0.4) is 0 Å². The van der Waals surface area contributed by atoms with E-state index in [0.717, 1.165) is 18.7 Å². The van der Waals surface area contributed by atoms with Gasteiger partial charge in [-0.15, -0.1) is 0 Å². The van der Waals surface area contributed by atoms with Gasteiger partial charge < -0.3 is 9.80 Å². The van der Waals surface area contributed by atoms with Crippen molar-refractivity contribution in [2.24, 2.45) is 0 Å². The van der Waals surface area contributed by atoms with Crippen LogP contribution < -0.4 is 0 Å². The summed E-state index contributed by atoms with van der Waals surface area (Å²) >= 11 is 0. The van der Waals surface area contributed by atoms with Gasteiger partial charge in [-0.2, -0.15) is 0 Å². The lowest BCUT2D eigenvalue weighted by Gasteiger charge is -2.40. The Morgan fingerprint density at radius 3 is 2.73 bits per heavy atom. The molecule has 1 aliphatic heterocycles. The number of nitrogens with zero attached hydrogens (tertiary/aromatic N) is 5. The van der Waals surface area contributed by atoms with E-state index in [-0.39, 0.29) is 11.9 Å². The van der Waals surface area contributed by atoms with Crippen molar-refractivity contribution >= 4 is 5.91 Å². The Hall–Kier alpha value is -2.99. The number of carbonyl (C=O) groups excluding carboxylic acids is 1. The van der Waals surface area contributed by atoms with Crippen LogP contribution in [-0.2, 0) is 0 Å². The molecule has 0 bridgehead atoms. The summed E-state index contributed by atoms with van der Waals surface area (Å²) in [6.07, 6.45) is 6.87. The van der Waals surface area contributed by atoms with Crippen molar-refractivity contribution in [1.29, 1.82) is 0 Å². The molecular weight excluding hydrogens is 326 g/mol. The van der Waals surface area contributed by atoms with Gasteiger partial charge in [0.05, 0.1) is 6.04 Å².